The predicted octanol–water partition coefficient (Wildman–Crippen LogP) is 2.64. The van der Waals surface area contributed by atoms with Crippen LogP contribution in [-0.2, 0) is 9.53 Å². The maximum absolute atomic E-state index is 12.6. The van der Waals surface area contributed by atoms with Gasteiger partial charge in [0, 0.05) is 23.6 Å². The predicted molar refractivity (Wildman–Crippen MR) is 78.3 cm³/mol. The van der Waals surface area contributed by atoms with Crippen molar-refractivity contribution in [3.05, 3.63) is 48.5 Å². The Bertz CT molecular complexity index is 632. The molecule has 0 saturated heterocycles. The number of carbonyl (C=O) groups excluding carboxylic acids is 2. The molecule has 0 spiro atoms. The van der Waals surface area contributed by atoms with E-state index < -0.39 is 11.4 Å². The van der Waals surface area contributed by atoms with Gasteiger partial charge in [0.15, 0.2) is 5.78 Å². The molecule has 2 aromatic rings. The van der Waals surface area contributed by atoms with E-state index >= 15 is 0 Å². The summed E-state index contributed by atoms with van der Waals surface area (Å²) >= 11 is 0. The second-order valence-corrected chi connectivity index (χ2v) is 5.02. The number of rotatable bonds is 5. The summed E-state index contributed by atoms with van der Waals surface area (Å²) in [5.74, 6) is -0.734. The zero-order valence-corrected chi connectivity index (χ0v) is 12.4. The molecule has 1 heterocycles. The lowest BCUT2D eigenvalue weighted by atomic mass is 9.80. The van der Waals surface area contributed by atoms with Crippen molar-refractivity contribution in [2.45, 2.75) is 20.3 Å². The molecule has 1 atom stereocenters. The van der Waals surface area contributed by atoms with Crippen molar-refractivity contribution in [3.8, 4) is 5.69 Å². The number of methoxy groups -OCH3 is 1. The molecule has 0 saturated carbocycles. The first-order chi connectivity index (χ1) is 10.0. The van der Waals surface area contributed by atoms with Crippen LogP contribution in [0.25, 0.3) is 5.69 Å². The molecule has 1 aromatic heterocycles. The van der Waals surface area contributed by atoms with E-state index in [9.17, 15) is 9.59 Å². The Hall–Kier alpha value is -2.43. The van der Waals surface area contributed by atoms with E-state index in [-0.39, 0.29) is 5.78 Å². The Morgan fingerprint density at radius 2 is 1.95 bits per heavy atom. The van der Waals surface area contributed by atoms with Crippen molar-refractivity contribution in [1.82, 2.24) is 9.55 Å². The first-order valence-electron chi connectivity index (χ1n) is 6.74. The fourth-order valence-electron chi connectivity index (χ4n) is 2.14. The van der Waals surface area contributed by atoms with Crippen molar-refractivity contribution >= 4 is 11.8 Å². The van der Waals surface area contributed by atoms with E-state index in [4.69, 9.17) is 4.74 Å². The van der Waals surface area contributed by atoms with Crippen molar-refractivity contribution in [2.75, 3.05) is 7.11 Å². The Labute approximate surface area is 123 Å². The van der Waals surface area contributed by atoms with E-state index in [1.807, 2.05) is 22.9 Å². The molecule has 0 N–H and O–H groups in total. The van der Waals surface area contributed by atoms with Gasteiger partial charge in [-0.15, -0.1) is 0 Å². The van der Waals surface area contributed by atoms with Gasteiger partial charge < -0.3 is 9.30 Å². The molecule has 1 unspecified atom stereocenters. The van der Waals surface area contributed by atoms with Crippen LogP contribution in [0.2, 0.25) is 0 Å². The number of nitrogens with zero attached hydrogens (tertiary/aromatic N) is 2. The second-order valence-electron chi connectivity index (χ2n) is 5.02. The minimum absolute atomic E-state index is 0.228. The van der Waals surface area contributed by atoms with E-state index in [1.165, 1.54) is 7.11 Å². The van der Waals surface area contributed by atoms with Crippen molar-refractivity contribution in [1.29, 1.82) is 0 Å². The molecule has 0 bridgehead atoms. The van der Waals surface area contributed by atoms with Gasteiger partial charge in [-0.2, -0.15) is 0 Å². The summed E-state index contributed by atoms with van der Waals surface area (Å²) in [7, 11) is 1.30. The van der Waals surface area contributed by atoms with Crippen LogP contribution in [0.4, 0.5) is 0 Å². The van der Waals surface area contributed by atoms with Crippen LogP contribution in [0.1, 0.15) is 30.6 Å². The van der Waals surface area contributed by atoms with Gasteiger partial charge in [0.1, 0.15) is 5.41 Å². The quantitative estimate of drug-likeness (QED) is 0.481. The number of Topliss-reactive ketones (excluding diaryl/α,β-unsaturated/α-hetero) is 1. The van der Waals surface area contributed by atoms with Crippen LogP contribution in [0.15, 0.2) is 43.0 Å². The Morgan fingerprint density at radius 3 is 2.43 bits per heavy atom. The molecule has 0 aliphatic heterocycles. The molecule has 5 nitrogen and oxygen atoms in total. The summed E-state index contributed by atoms with van der Waals surface area (Å²) < 4.78 is 6.60. The van der Waals surface area contributed by atoms with Gasteiger partial charge in [0.05, 0.1) is 13.4 Å². The van der Waals surface area contributed by atoms with E-state index in [0.29, 0.717) is 12.0 Å². The molecule has 110 valence electrons. The highest BCUT2D eigenvalue weighted by Gasteiger charge is 2.40. The normalized spacial score (nSPS) is 13.5. The molecule has 0 fully saturated rings. The summed E-state index contributed by atoms with van der Waals surface area (Å²) in [6.07, 6.45) is 5.58. The highest BCUT2D eigenvalue weighted by atomic mass is 16.5. The van der Waals surface area contributed by atoms with Gasteiger partial charge in [-0.05, 0) is 37.6 Å². The van der Waals surface area contributed by atoms with Gasteiger partial charge in [0.2, 0.25) is 0 Å². The van der Waals surface area contributed by atoms with Gasteiger partial charge in [-0.1, -0.05) is 6.92 Å². The average molecular weight is 286 g/mol. The standard InChI is InChI=1S/C16H18N2O3/c1-4-16(2,15(20)21-3)14(19)12-5-7-13(8-6-12)18-10-9-17-11-18/h5-11H,4H2,1-3H3. The molecular formula is C16H18N2O3. The third-order valence-corrected chi connectivity index (χ3v) is 3.78. The first-order valence-corrected chi connectivity index (χ1v) is 6.74. The highest BCUT2D eigenvalue weighted by molar-refractivity contribution is 6.12. The van der Waals surface area contributed by atoms with Crippen LogP contribution in [-0.4, -0.2) is 28.4 Å². The maximum atomic E-state index is 12.6. The monoisotopic (exact) mass is 286 g/mol. The largest absolute Gasteiger partial charge is 0.468 e. The summed E-state index contributed by atoms with van der Waals surface area (Å²) in [4.78, 5) is 28.4. The minimum atomic E-state index is -1.15. The molecule has 0 amide bonds. The number of aromatic nitrogens is 2. The van der Waals surface area contributed by atoms with E-state index in [0.717, 1.165) is 5.69 Å². The fraction of sp³-hybridized carbons (Fsp3) is 0.312. The zero-order valence-electron chi connectivity index (χ0n) is 12.4. The minimum Gasteiger partial charge on any atom is -0.468 e. The number of hydrogen-bond donors (Lipinski definition) is 0. The zero-order chi connectivity index (χ0) is 15.5. The highest BCUT2D eigenvalue weighted by Crippen LogP contribution is 2.28. The Kier molecular flexibility index (Phi) is 4.21. The Morgan fingerprint density at radius 1 is 1.29 bits per heavy atom. The van der Waals surface area contributed by atoms with Gasteiger partial charge in [0.25, 0.3) is 0 Å². The number of ketones is 1. The maximum Gasteiger partial charge on any atom is 0.319 e. The fourth-order valence-corrected chi connectivity index (χ4v) is 2.14. The van der Waals surface area contributed by atoms with Gasteiger partial charge >= 0.3 is 5.97 Å². The summed E-state index contributed by atoms with van der Waals surface area (Å²) in [5.41, 5.74) is 0.250. The summed E-state index contributed by atoms with van der Waals surface area (Å²) in [6, 6.07) is 7.08. The molecule has 1 aromatic carbocycles. The number of esters is 1. The summed E-state index contributed by atoms with van der Waals surface area (Å²) in [5, 5.41) is 0. The van der Waals surface area contributed by atoms with Crippen molar-refractivity contribution in [3.63, 3.8) is 0 Å². The van der Waals surface area contributed by atoms with Crippen LogP contribution in [0.3, 0.4) is 0 Å². The Balaban J connectivity index is 2.29. The average Bonchev–Trinajstić information content (AvgIpc) is 3.07. The lowest BCUT2D eigenvalue weighted by molar-refractivity contribution is -0.148. The molecular weight excluding hydrogens is 268 g/mol. The number of imidazole rings is 1. The van der Waals surface area contributed by atoms with Crippen molar-refractivity contribution in [2.24, 2.45) is 5.41 Å². The molecule has 0 aliphatic rings. The molecule has 0 radical (unpaired) electrons. The SMILES string of the molecule is CCC(C)(C(=O)OC)C(=O)c1ccc(-n2ccnc2)cc1. The third kappa shape index (κ3) is 2.72. The molecule has 2 rings (SSSR count). The lowest BCUT2D eigenvalue weighted by Gasteiger charge is -2.23. The molecule has 0 aliphatic carbocycles. The van der Waals surface area contributed by atoms with E-state index in [1.54, 1.807) is 38.5 Å². The number of carbonyl (C=O) groups is 2. The first kappa shape index (κ1) is 15.0. The smallest absolute Gasteiger partial charge is 0.319 e. The van der Waals surface area contributed by atoms with Crippen LogP contribution < -0.4 is 0 Å². The molecule has 5 heteroatoms. The lowest BCUT2D eigenvalue weighted by Crippen LogP contribution is -2.37. The third-order valence-electron chi connectivity index (χ3n) is 3.78. The van der Waals surface area contributed by atoms with Crippen LogP contribution in [0, 0.1) is 5.41 Å². The van der Waals surface area contributed by atoms with Crippen LogP contribution >= 0.6 is 0 Å². The van der Waals surface area contributed by atoms with Gasteiger partial charge in [-0.25, -0.2) is 4.98 Å². The van der Waals surface area contributed by atoms with Gasteiger partial charge in [-0.3, -0.25) is 9.59 Å². The number of hydrogen-bond acceptors (Lipinski definition) is 4. The summed E-state index contributed by atoms with van der Waals surface area (Å²) in [6.45, 7) is 3.42. The number of ether oxygens (including phenoxy) is 1. The van der Waals surface area contributed by atoms with E-state index in [2.05, 4.69) is 4.98 Å². The number of benzene rings is 1. The second kappa shape index (κ2) is 5.91. The van der Waals surface area contributed by atoms with Crippen LogP contribution in [0.5, 0.6) is 0 Å². The molecule has 21 heavy (non-hydrogen) atoms. The van der Waals surface area contributed by atoms with Crippen molar-refractivity contribution < 1.29 is 14.3 Å². The topological polar surface area (TPSA) is 61.2 Å².